The second-order valence-electron chi connectivity index (χ2n) is 6.84. The molecule has 9 heteroatoms. The van der Waals surface area contributed by atoms with Crippen LogP contribution in [0, 0.1) is 25.2 Å². The molecule has 156 valence electrons. The van der Waals surface area contributed by atoms with Gasteiger partial charge in [0.15, 0.2) is 0 Å². The van der Waals surface area contributed by atoms with Crippen molar-refractivity contribution in [2.75, 3.05) is 18.4 Å². The lowest BCUT2D eigenvalue weighted by Crippen LogP contribution is -2.33. The Bertz CT molecular complexity index is 1090. The first kappa shape index (κ1) is 22.0. The molecule has 1 aromatic carbocycles. The summed E-state index contributed by atoms with van der Waals surface area (Å²) in [4.78, 5) is 15.6. The van der Waals surface area contributed by atoms with Gasteiger partial charge in [0.25, 0.3) is 0 Å². The van der Waals surface area contributed by atoms with Crippen LogP contribution in [0.3, 0.4) is 0 Å². The fourth-order valence-electron chi connectivity index (χ4n) is 3.00. The molecular formula is C21H22ClN5O2S. The van der Waals surface area contributed by atoms with Crippen LogP contribution in [0.1, 0.15) is 35.2 Å². The highest BCUT2D eigenvalue weighted by atomic mass is 35.5. The smallest absolute Gasteiger partial charge is 0.249 e. The Hall–Kier alpha value is -2.73. The van der Waals surface area contributed by atoms with E-state index in [1.165, 1.54) is 11.3 Å². The Labute approximate surface area is 184 Å². The van der Waals surface area contributed by atoms with Gasteiger partial charge in [-0.15, -0.1) is 21.5 Å². The lowest BCUT2D eigenvalue weighted by Gasteiger charge is -2.18. The number of carbonyl (C=O) groups is 1. The normalized spacial score (nSPS) is 10.9. The molecule has 30 heavy (non-hydrogen) atoms. The molecular weight excluding hydrogens is 422 g/mol. The zero-order valence-electron chi connectivity index (χ0n) is 17.0. The van der Waals surface area contributed by atoms with Crippen molar-refractivity contribution in [1.29, 1.82) is 5.26 Å². The number of amides is 1. The molecule has 0 radical (unpaired) electrons. The molecule has 0 aliphatic rings. The third-order valence-electron chi connectivity index (χ3n) is 4.59. The van der Waals surface area contributed by atoms with E-state index >= 15 is 0 Å². The molecule has 0 bridgehead atoms. The van der Waals surface area contributed by atoms with Gasteiger partial charge in [-0.2, -0.15) is 5.26 Å². The van der Waals surface area contributed by atoms with E-state index < -0.39 is 0 Å². The van der Waals surface area contributed by atoms with Crippen LogP contribution in [0.4, 0.5) is 5.00 Å². The van der Waals surface area contributed by atoms with Crippen LogP contribution in [0.2, 0.25) is 5.02 Å². The summed E-state index contributed by atoms with van der Waals surface area (Å²) in [6.45, 7) is 7.03. The summed E-state index contributed by atoms with van der Waals surface area (Å²) >= 11 is 7.61. The Morgan fingerprint density at radius 1 is 1.33 bits per heavy atom. The molecule has 0 atom stereocenters. The number of nitriles is 1. The molecule has 0 unspecified atom stereocenters. The SMILES string of the molecule is CCCN(CC(=O)Nc1sc(C)c(C)c1C#N)Cc1nnc(-c2ccccc2Cl)o1. The van der Waals surface area contributed by atoms with Gasteiger partial charge in [-0.05, 0) is 44.5 Å². The van der Waals surface area contributed by atoms with Gasteiger partial charge in [-0.1, -0.05) is 30.7 Å². The summed E-state index contributed by atoms with van der Waals surface area (Å²) in [5.41, 5.74) is 2.10. The molecule has 0 fully saturated rings. The first-order valence-corrected chi connectivity index (χ1v) is 10.7. The number of anilines is 1. The Morgan fingerprint density at radius 2 is 2.10 bits per heavy atom. The maximum Gasteiger partial charge on any atom is 0.249 e. The zero-order chi connectivity index (χ0) is 21.7. The van der Waals surface area contributed by atoms with E-state index in [-0.39, 0.29) is 12.5 Å². The molecule has 0 spiro atoms. The molecule has 2 heterocycles. The first-order valence-electron chi connectivity index (χ1n) is 9.52. The minimum Gasteiger partial charge on any atom is -0.419 e. The number of hydrogen-bond donors (Lipinski definition) is 1. The van der Waals surface area contributed by atoms with Crippen molar-refractivity contribution in [2.45, 2.75) is 33.7 Å². The quantitative estimate of drug-likeness (QED) is 0.537. The van der Waals surface area contributed by atoms with Crippen LogP contribution >= 0.6 is 22.9 Å². The van der Waals surface area contributed by atoms with E-state index in [1.54, 1.807) is 6.07 Å². The highest BCUT2D eigenvalue weighted by molar-refractivity contribution is 7.16. The van der Waals surface area contributed by atoms with Gasteiger partial charge >= 0.3 is 0 Å². The van der Waals surface area contributed by atoms with Gasteiger partial charge in [-0.25, -0.2) is 0 Å². The number of nitrogens with one attached hydrogen (secondary N) is 1. The van der Waals surface area contributed by atoms with Gasteiger partial charge in [0, 0.05) is 4.88 Å². The second-order valence-corrected chi connectivity index (χ2v) is 8.47. The predicted octanol–water partition coefficient (Wildman–Crippen LogP) is 4.79. The van der Waals surface area contributed by atoms with Crippen LogP contribution in [-0.2, 0) is 11.3 Å². The van der Waals surface area contributed by atoms with Crippen LogP contribution in [0.5, 0.6) is 0 Å². The standard InChI is InChI=1S/C21H22ClN5O2S/c1-4-9-27(11-18(28)24-21-16(10-23)13(2)14(3)30-21)12-19-25-26-20(29-19)15-7-5-6-8-17(15)22/h5-8H,4,9,11-12H2,1-3H3,(H,24,28). The van der Waals surface area contributed by atoms with Crippen molar-refractivity contribution in [3.05, 3.63) is 51.2 Å². The topological polar surface area (TPSA) is 95.1 Å². The minimum atomic E-state index is -0.188. The van der Waals surface area contributed by atoms with Crippen LogP contribution in [0.15, 0.2) is 28.7 Å². The van der Waals surface area contributed by atoms with Gasteiger partial charge in [0.2, 0.25) is 17.7 Å². The van der Waals surface area contributed by atoms with Crippen LogP contribution < -0.4 is 5.32 Å². The van der Waals surface area contributed by atoms with E-state index in [2.05, 4.69) is 21.6 Å². The second kappa shape index (κ2) is 9.85. The van der Waals surface area contributed by atoms with Gasteiger partial charge in [0.1, 0.15) is 11.1 Å². The number of benzene rings is 1. The average Bonchev–Trinajstić information content (AvgIpc) is 3.26. The van der Waals surface area contributed by atoms with Crippen molar-refractivity contribution in [1.82, 2.24) is 15.1 Å². The van der Waals surface area contributed by atoms with Gasteiger partial charge < -0.3 is 9.73 Å². The van der Waals surface area contributed by atoms with E-state index in [0.29, 0.717) is 46.0 Å². The summed E-state index contributed by atoms with van der Waals surface area (Å²) in [6.07, 6.45) is 0.861. The summed E-state index contributed by atoms with van der Waals surface area (Å²) < 4.78 is 5.76. The maximum absolute atomic E-state index is 12.6. The molecule has 1 amide bonds. The zero-order valence-corrected chi connectivity index (χ0v) is 18.6. The van der Waals surface area contributed by atoms with E-state index in [4.69, 9.17) is 16.0 Å². The summed E-state index contributed by atoms with van der Waals surface area (Å²) in [5.74, 6) is 0.568. The molecule has 3 rings (SSSR count). The Balaban J connectivity index is 1.68. The fraction of sp³-hybridized carbons (Fsp3) is 0.333. The predicted molar refractivity (Wildman–Crippen MR) is 117 cm³/mol. The highest BCUT2D eigenvalue weighted by Gasteiger charge is 2.19. The Morgan fingerprint density at radius 3 is 2.80 bits per heavy atom. The van der Waals surface area contributed by atoms with Crippen LogP contribution in [0.25, 0.3) is 11.5 Å². The number of hydrogen-bond acceptors (Lipinski definition) is 7. The van der Waals surface area contributed by atoms with E-state index in [9.17, 15) is 10.1 Å². The maximum atomic E-state index is 12.6. The number of nitrogens with zero attached hydrogens (tertiary/aromatic N) is 4. The molecule has 1 N–H and O–H groups in total. The molecule has 0 saturated carbocycles. The Kier molecular flexibility index (Phi) is 7.21. The van der Waals surface area contributed by atoms with Crippen LogP contribution in [-0.4, -0.2) is 34.1 Å². The lowest BCUT2D eigenvalue weighted by atomic mass is 10.2. The number of aryl methyl sites for hydroxylation is 1. The first-order chi connectivity index (χ1) is 14.4. The lowest BCUT2D eigenvalue weighted by molar-refractivity contribution is -0.117. The molecule has 2 aromatic heterocycles. The fourth-order valence-corrected chi connectivity index (χ4v) is 4.24. The average molecular weight is 444 g/mol. The molecule has 0 aliphatic carbocycles. The number of thiophene rings is 1. The monoisotopic (exact) mass is 443 g/mol. The molecule has 7 nitrogen and oxygen atoms in total. The highest BCUT2D eigenvalue weighted by Crippen LogP contribution is 2.31. The molecule has 3 aromatic rings. The molecule has 0 saturated heterocycles. The third kappa shape index (κ3) is 5.05. The largest absolute Gasteiger partial charge is 0.419 e. The molecule has 0 aliphatic heterocycles. The summed E-state index contributed by atoms with van der Waals surface area (Å²) in [6, 6.07) is 9.43. The van der Waals surface area contributed by atoms with E-state index in [0.717, 1.165) is 16.9 Å². The number of carbonyl (C=O) groups excluding carboxylic acids is 1. The number of halogens is 1. The number of aromatic nitrogens is 2. The van der Waals surface area contributed by atoms with Gasteiger partial charge in [0.05, 0.1) is 29.2 Å². The third-order valence-corrected chi connectivity index (χ3v) is 6.04. The van der Waals surface area contributed by atoms with Gasteiger partial charge in [-0.3, -0.25) is 9.69 Å². The number of rotatable bonds is 8. The summed E-state index contributed by atoms with van der Waals surface area (Å²) in [5, 5.41) is 21.5. The minimum absolute atomic E-state index is 0.151. The summed E-state index contributed by atoms with van der Waals surface area (Å²) in [7, 11) is 0. The van der Waals surface area contributed by atoms with E-state index in [1.807, 2.05) is 43.9 Å². The van der Waals surface area contributed by atoms with Crippen molar-refractivity contribution < 1.29 is 9.21 Å². The van der Waals surface area contributed by atoms with Crippen molar-refractivity contribution >= 4 is 33.8 Å². The van der Waals surface area contributed by atoms with Crippen molar-refractivity contribution in [3.63, 3.8) is 0 Å². The van der Waals surface area contributed by atoms with Crippen molar-refractivity contribution in [3.8, 4) is 17.5 Å². The van der Waals surface area contributed by atoms with Crippen molar-refractivity contribution in [2.24, 2.45) is 0 Å².